The van der Waals surface area contributed by atoms with Crippen LogP contribution in [-0.2, 0) is 9.59 Å². The first-order valence-corrected chi connectivity index (χ1v) is 4.55. The molecule has 0 saturated heterocycles. The first-order chi connectivity index (χ1) is 7.15. The van der Waals surface area contributed by atoms with Crippen molar-refractivity contribution in [3.63, 3.8) is 0 Å². The number of rotatable bonds is 3. The lowest BCUT2D eigenvalue weighted by molar-refractivity contribution is -0.131. The van der Waals surface area contributed by atoms with Crippen LogP contribution in [0.4, 0.5) is 0 Å². The molecule has 0 fully saturated rings. The molecule has 1 aromatic carbocycles. The molecule has 3 nitrogen and oxygen atoms in total. The molecule has 0 heterocycles. The van der Waals surface area contributed by atoms with Gasteiger partial charge in [-0.25, -0.2) is 0 Å². The van der Waals surface area contributed by atoms with Crippen molar-refractivity contribution in [1.82, 2.24) is 0 Å². The molecule has 0 spiro atoms. The number of allylic oxidation sites excluding steroid dienone is 1. The van der Waals surface area contributed by atoms with Gasteiger partial charge in [0.15, 0.2) is 0 Å². The molecule has 0 bridgehead atoms. The number of ether oxygens (including phenoxy) is 1. The Hall–Kier alpha value is -1.90. The average molecular weight is 204 g/mol. The standard InChI is InChI=1S/C12H12O3/c1-9-5-3-6-11(7-4-8-13)12(9)15-10(2)14/h3-8H,1-2H3/b7-4-. The van der Waals surface area contributed by atoms with Crippen LogP contribution >= 0.6 is 0 Å². The van der Waals surface area contributed by atoms with E-state index in [0.717, 1.165) is 11.1 Å². The van der Waals surface area contributed by atoms with Crippen LogP contribution in [0.5, 0.6) is 5.75 Å². The van der Waals surface area contributed by atoms with E-state index in [1.54, 1.807) is 12.1 Å². The third-order valence-electron chi connectivity index (χ3n) is 1.84. The van der Waals surface area contributed by atoms with E-state index in [-0.39, 0.29) is 5.97 Å². The van der Waals surface area contributed by atoms with E-state index in [4.69, 9.17) is 4.74 Å². The molecule has 0 unspecified atom stereocenters. The second kappa shape index (κ2) is 5.10. The molecule has 3 heteroatoms. The van der Waals surface area contributed by atoms with E-state index >= 15 is 0 Å². The topological polar surface area (TPSA) is 43.4 Å². The van der Waals surface area contributed by atoms with Gasteiger partial charge in [0.1, 0.15) is 12.0 Å². The number of aryl methyl sites for hydroxylation is 1. The van der Waals surface area contributed by atoms with Gasteiger partial charge in [-0.1, -0.05) is 18.2 Å². The number of carbonyl (C=O) groups is 2. The van der Waals surface area contributed by atoms with Gasteiger partial charge in [-0.2, -0.15) is 0 Å². The van der Waals surface area contributed by atoms with Crippen molar-refractivity contribution in [2.75, 3.05) is 0 Å². The Kier molecular flexibility index (Phi) is 3.80. The Balaban J connectivity index is 3.13. The van der Waals surface area contributed by atoms with Gasteiger partial charge >= 0.3 is 5.97 Å². The minimum Gasteiger partial charge on any atom is -0.426 e. The van der Waals surface area contributed by atoms with Gasteiger partial charge < -0.3 is 4.74 Å². The fraction of sp³-hybridized carbons (Fsp3) is 0.167. The molecular weight excluding hydrogens is 192 g/mol. The summed E-state index contributed by atoms with van der Waals surface area (Å²) in [5, 5.41) is 0. The van der Waals surface area contributed by atoms with Crippen LogP contribution < -0.4 is 4.74 Å². The van der Waals surface area contributed by atoms with Crippen molar-refractivity contribution in [3.05, 3.63) is 35.4 Å². The number of benzene rings is 1. The third kappa shape index (κ3) is 3.06. The average Bonchev–Trinajstić information content (AvgIpc) is 2.18. The van der Waals surface area contributed by atoms with Crippen LogP contribution in [0.2, 0.25) is 0 Å². The molecular formula is C12H12O3. The number of aldehydes is 1. The monoisotopic (exact) mass is 204 g/mol. The Morgan fingerprint density at radius 1 is 1.40 bits per heavy atom. The lowest BCUT2D eigenvalue weighted by Gasteiger charge is -2.08. The van der Waals surface area contributed by atoms with Gasteiger partial charge in [0.25, 0.3) is 0 Å². The first kappa shape index (κ1) is 11.2. The van der Waals surface area contributed by atoms with Crippen molar-refractivity contribution >= 4 is 18.3 Å². The molecule has 15 heavy (non-hydrogen) atoms. The quantitative estimate of drug-likeness (QED) is 0.328. The predicted molar refractivity (Wildman–Crippen MR) is 57.6 cm³/mol. The summed E-state index contributed by atoms with van der Waals surface area (Å²) in [7, 11) is 0. The summed E-state index contributed by atoms with van der Waals surface area (Å²) < 4.78 is 5.07. The smallest absolute Gasteiger partial charge is 0.308 e. The van der Waals surface area contributed by atoms with Gasteiger partial charge in [-0.05, 0) is 24.6 Å². The lowest BCUT2D eigenvalue weighted by atomic mass is 10.1. The van der Waals surface area contributed by atoms with Crippen molar-refractivity contribution in [2.24, 2.45) is 0 Å². The lowest BCUT2D eigenvalue weighted by Crippen LogP contribution is -2.04. The fourth-order valence-corrected chi connectivity index (χ4v) is 1.23. The van der Waals surface area contributed by atoms with Crippen LogP contribution in [0.25, 0.3) is 6.08 Å². The Morgan fingerprint density at radius 3 is 2.73 bits per heavy atom. The Labute approximate surface area is 88.4 Å². The Morgan fingerprint density at radius 2 is 2.13 bits per heavy atom. The number of hydrogen-bond acceptors (Lipinski definition) is 3. The fourth-order valence-electron chi connectivity index (χ4n) is 1.23. The van der Waals surface area contributed by atoms with Crippen LogP contribution in [0.3, 0.4) is 0 Å². The number of esters is 1. The maximum atomic E-state index is 10.9. The van der Waals surface area contributed by atoms with Crippen LogP contribution in [0.1, 0.15) is 18.1 Å². The molecule has 0 N–H and O–H groups in total. The largest absolute Gasteiger partial charge is 0.426 e. The second-order valence-electron chi connectivity index (χ2n) is 3.08. The zero-order chi connectivity index (χ0) is 11.3. The molecule has 0 saturated carbocycles. The number of hydrogen-bond donors (Lipinski definition) is 0. The molecule has 0 aliphatic rings. The number of para-hydroxylation sites is 1. The second-order valence-corrected chi connectivity index (χ2v) is 3.08. The molecule has 78 valence electrons. The van der Waals surface area contributed by atoms with Gasteiger partial charge in [0.2, 0.25) is 0 Å². The first-order valence-electron chi connectivity index (χ1n) is 4.55. The molecule has 0 aliphatic heterocycles. The number of carbonyl (C=O) groups excluding carboxylic acids is 2. The molecule has 0 radical (unpaired) electrons. The Bertz CT molecular complexity index is 405. The zero-order valence-corrected chi connectivity index (χ0v) is 8.69. The summed E-state index contributed by atoms with van der Waals surface area (Å²) in [4.78, 5) is 21.1. The summed E-state index contributed by atoms with van der Waals surface area (Å²) in [6.07, 6.45) is 3.65. The van der Waals surface area contributed by atoms with E-state index in [1.807, 2.05) is 19.1 Å². The highest BCUT2D eigenvalue weighted by Crippen LogP contribution is 2.24. The summed E-state index contributed by atoms with van der Waals surface area (Å²) in [6, 6.07) is 5.47. The molecule has 1 rings (SSSR count). The third-order valence-corrected chi connectivity index (χ3v) is 1.84. The van der Waals surface area contributed by atoms with Gasteiger partial charge in [0, 0.05) is 12.5 Å². The SMILES string of the molecule is CC(=O)Oc1c(C)cccc1/C=C\C=O. The molecule has 1 aromatic rings. The summed E-state index contributed by atoms with van der Waals surface area (Å²) in [6.45, 7) is 3.19. The maximum absolute atomic E-state index is 10.9. The molecule has 0 atom stereocenters. The summed E-state index contributed by atoms with van der Waals surface area (Å²) >= 11 is 0. The minimum absolute atomic E-state index is 0.370. The van der Waals surface area contributed by atoms with Crippen molar-refractivity contribution in [2.45, 2.75) is 13.8 Å². The van der Waals surface area contributed by atoms with Crippen LogP contribution in [-0.4, -0.2) is 12.3 Å². The van der Waals surface area contributed by atoms with E-state index in [0.29, 0.717) is 12.0 Å². The highest BCUT2D eigenvalue weighted by Gasteiger charge is 2.06. The van der Waals surface area contributed by atoms with Crippen LogP contribution in [0.15, 0.2) is 24.3 Å². The highest BCUT2D eigenvalue weighted by atomic mass is 16.5. The zero-order valence-electron chi connectivity index (χ0n) is 8.69. The highest BCUT2D eigenvalue weighted by molar-refractivity contribution is 5.78. The normalized spacial score (nSPS) is 10.3. The van der Waals surface area contributed by atoms with E-state index in [2.05, 4.69) is 0 Å². The van der Waals surface area contributed by atoms with E-state index in [9.17, 15) is 9.59 Å². The van der Waals surface area contributed by atoms with Gasteiger partial charge in [0.05, 0.1) is 0 Å². The van der Waals surface area contributed by atoms with Crippen LogP contribution in [0, 0.1) is 6.92 Å². The van der Waals surface area contributed by atoms with Crippen molar-refractivity contribution in [3.8, 4) is 5.75 Å². The van der Waals surface area contributed by atoms with E-state index in [1.165, 1.54) is 13.0 Å². The molecule has 0 amide bonds. The summed E-state index contributed by atoms with van der Waals surface area (Å²) in [5.41, 5.74) is 1.58. The van der Waals surface area contributed by atoms with Crippen molar-refractivity contribution in [1.29, 1.82) is 0 Å². The van der Waals surface area contributed by atoms with E-state index < -0.39 is 0 Å². The van der Waals surface area contributed by atoms with Gasteiger partial charge in [-0.15, -0.1) is 0 Å². The predicted octanol–water partition coefficient (Wildman–Crippen LogP) is 2.13. The van der Waals surface area contributed by atoms with Crippen molar-refractivity contribution < 1.29 is 14.3 Å². The molecule has 0 aromatic heterocycles. The van der Waals surface area contributed by atoms with Gasteiger partial charge in [-0.3, -0.25) is 9.59 Å². The molecule has 0 aliphatic carbocycles. The maximum Gasteiger partial charge on any atom is 0.308 e. The minimum atomic E-state index is -0.370. The summed E-state index contributed by atoms with van der Waals surface area (Å²) in [5.74, 6) is 0.133.